The van der Waals surface area contributed by atoms with Crippen LogP contribution in [0.5, 0.6) is 0 Å². The Morgan fingerprint density at radius 1 is 1.64 bits per heavy atom. The highest BCUT2D eigenvalue weighted by molar-refractivity contribution is 9.10. The van der Waals surface area contributed by atoms with Crippen molar-refractivity contribution in [1.82, 2.24) is 4.90 Å². The molecule has 0 atom stereocenters. The van der Waals surface area contributed by atoms with E-state index in [4.69, 9.17) is 5.11 Å². The number of thiophene rings is 1. The zero-order valence-electron chi connectivity index (χ0n) is 7.95. The van der Waals surface area contributed by atoms with E-state index in [1.165, 1.54) is 4.88 Å². The quantitative estimate of drug-likeness (QED) is 0.807. The second-order valence-electron chi connectivity index (χ2n) is 2.94. The van der Waals surface area contributed by atoms with Crippen LogP contribution in [0, 0.1) is 0 Å². The average Bonchev–Trinajstić information content (AvgIpc) is 2.53. The van der Waals surface area contributed by atoms with Gasteiger partial charge in [0.1, 0.15) is 0 Å². The zero-order valence-corrected chi connectivity index (χ0v) is 10.4. The van der Waals surface area contributed by atoms with Gasteiger partial charge in [0.2, 0.25) is 0 Å². The fraction of sp³-hybridized carbons (Fsp3) is 0.400. The van der Waals surface area contributed by atoms with Crippen molar-refractivity contribution in [2.75, 3.05) is 19.7 Å². The Bertz CT molecular complexity index is 287. The zero-order chi connectivity index (χ0) is 10.4. The van der Waals surface area contributed by atoms with Crippen LogP contribution in [0.3, 0.4) is 0 Å². The highest BCUT2D eigenvalue weighted by Crippen LogP contribution is 2.23. The van der Waals surface area contributed by atoms with Crippen LogP contribution in [-0.4, -0.2) is 29.7 Å². The molecule has 2 nitrogen and oxygen atoms in total. The third-order valence-corrected chi connectivity index (χ3v) is 3.77. The van der Waals surface area contributed by atoms with E-state index in [0.29, 0.717) is 6.54 Å². The molecule has 0 bridgehead atoms. The van der Waals surface area contributed by atoms with Crippen molar-refractivity contribution >= 4 is 27.3 Å². The molecule has 0 aliphatic heterocycles. The van der Waals surface area contributed by atoms with Gasteiger partial charge in [-0.3, -0.25) is 4.90 Å². The topological polar surface area (TPSA) is 23.5 Å². The first kappa shape index (κ1) is 11.9. The van der Waals surface area contributed by atoms with Crippen LogP contribution in [0.15, 0.2) is 28.6 Å². The Morgan fingerprint density at radius 2 is 2.43 bits per heavy atom. The summed E-state index contributed by atoms with van der Waals surface area (Å²) in [5.74, 6) is 0. The lowest BCUT2D eigenvalue weighted by Crippen LogP contribution is -2.26. The fourth-order valence-electron chi connectivity index (χ4n) is 1.20. The maximum atomic E-state index is 8.88. The third kappa shape index (κ3) is 3.53. The van der Waals surface area contributed by atoms with E-state index < -0.39 is 0 Å². The molecule has 1 N–H and O–H groups in total. The summed E-state index contributed by atoms with van der Waals surface area (Å²) in [5.41, 5.74) is 0. The lowest BCUT2D eigenvalue weighted by atomic mass is 10.4. The van der Waals surface area contributed by atoms with Gasteiger partial charge < -0.3 is 5.11 Å². The molecule has 0 amide bonds. The van der Waals surface area contributed by atoms with Crippen molar-refractivity contribution in [1.29, 1.82) is 0 Å². The summed E-state index contributed by atoms with van der Waals surface area (Å²) >= 11 is 5.22. The van der Waals surface area contributed by atoms with Gasteiger partial charge in [-0.25, -0.2) is 0 Å². The van der Waals surface area contributed by atoms with Crippen molar-refractivity contribution in [3.8, 4) is 0 Å². The first-order chi connectivity index (χ1) is 6.77. The molecule has 14 heavy (non-hydrogen) atoms. The fourth-order valence-corrected chi connectivity index (χ4v) is 2.72. The Morgan fingerprint density at radius 3 is 2.93 bits per heavy atom. The summed E-state index contributed by atoms with van der Waals surface area (Å²) in [5, 5.41) is 10.9. The molecule has 0 aromatic carbocycles. The second-order valence-corrected chi connectivity index (χ2v) is 4.79. The molecular weight excluding hydrogens is 262 g/mol. The van der Waals surface area contributed by atoms with Gasteiger partial charge in [-0.1, -0.05) is 6.08 Å². The van der Waals surface area contributed by atoms with Crippen LogP contribution >= 0.6 is 27.3 Å². The summed E-state index contributed by atoms with van der Waals surface area (Å²) in [6.07, 6.45) is 1.86. The average molecular weight is 276 g/mol. The van der Waals surface area contributed by atoms with Crippen LogP contribution in [0.2, 0.25) is 0 Å². The number of hydrogen-bond donors (Lipinski definition) is 1. The normalized spacial score (nSPS) is 10.8. The van der Waals surface area contributed by atoms with E-state index in [2.05, 4.69) is 32.8 Å². The number of hydrogen-bond acceptors (Lipinski definition) is 3. The lowest BCUT2D eigenvalue weighted by Gasteiger charge is -2.18. The molecule has 0 saturated carbocycles. The predicted octanol–water partition coefficient (Wildman–Crippen LogP) is 2.49. The molecule has 0 aliphatic carbocycles. The van der Waals surface area contributed by atoms with Gasteiger partial charge in [-0.2, -0.15) is 0 Å². The molecule has 0 radical (unpaired) electrons. The van der Waals surface area contributed by atoms with Crippen molar-refractivity contribution in [2.24, 2.45) is 0 Å². The Kier molecular flexibility index (Phi) is 5.40. The Hall–Kier alpha value is -0.160. The Labute approximate surface area is 97.0 Å². The minimum atomic E-state index is 0.191. The number of nitrogens with zero attached hydrogens (tertiary/aromatic N) is 1. The van der Waals surface area contributed by atoms with E-state index in [0.717, 1.165) is 17.6 Å². The number of halogens is 1. The number of rotatable bonds is 6. The van der Waals surface area contributed by atoms with E-state index in [1.54, 1.807) is 11.3 Å². The molecular formula is C10H14BrNOS. The van der Waals surface area contributed by atoms with Crippen molar-refractivity contribution in [3.05, 3.63) is 33.5 Å². The molecule has 0 spiro atoms. The first-order valence-electron chi connectivity index (χ1n) is 4.44. The molecule has 0 saturated heterocycles. The molecule has 1 rings (SSSR count). The highest BCUT2D eigenvalue weighted by Gasteiger charge is 2.07. The van der Waals surface area contributed by atoms with Crippen LogP contribution in [0.4, 0.5) is 0 Å². The van der Waals surface area contributed by atoms with Crippen LogP contribution < -0.4 is 0 Å². The number of aliphatic hydroxyl groups is 1. The van der Waals surface area contributed by atoms with Gasteiger partial charge in [-0.15, -0.1) is 17.9 Å². The van der Waals surface area contributed by atoms with Gasteiger partial charge >= 0.3 is 0 Å². The molecule has 1 heterocycles. The van der Waals surface area contributed by atoms with Crippen molar-refractivity contribution in [2.45, 2.75) is 6.54 Å². The third-order valence-electron chi connectivity index (χ3n) is 1.86. The monoisotopic (exact) mass is 275 g/mol. The molecule has 0 unspecified atom stereocenters. The molecule has 0 aliphatic rings. The first-order valence-corrected chi connectivity index (χ1v) is 6.11. The van der Waals surface area contributed by atoms with E-state index in [-0.39, 0.29) is 6.61 Å². The van der Waals surface area contributed by atoms with Crippen molar-refractivity contribution < 1.29 is 5.11 Å². The largest absolute Gasteiger partial charge is 0.395 e. The van der Waals surface area contributed by atoms with Gasteiger partial charge in [0.25, 0.3) is 0 Å². The summed E-state index contributed by atoms with van der Waals surface area (Å²) < 4.78 is 1.15. The molecule has 1 aromatic heterocycles. The smallest absolute Gasteiger partial charge is 0.0558 e. The molecule has 78 valence electrons. The summed E-state index contributed by atoms with van der Waals surface area (Å²) in [4.78, 5) is 3.45. The predicted molar refractivity (Wildman–Crippen MR) is 64.6 cm³/mol. The lowest BCUT2D eigenvalue weighted by molar-refractivity contribution is 0.204. The van der Waals surface area contributed by atoms with E-state index in [9.17, 15) is 0 Å². The summed E-state index contributed by atoms with van der Waals surface area (Å²) in [6, 6.07) is 2.05. The van der Waals surface area contributed by atoms with Gasteiger partial charge in [-0.05, 0) is 27.4 Å². The SMILES string of the molecule is C=CCN(CCO)Cc1sccc1Br. The van der Waals surface area contributed by atoms with Crippen LogP contribution in [0.25, 0.3) is 0 Å². The molecule has 0 fully saturated rings. The summed E-state index contributed by atoms with van der Waals surface area (Å²) in [7, 11) is 0. The second kappa shape index (κ2) is 6.35. The minimum Gasteiger partial charge on any atom is -0.395 e. The van der Waals surface area contributed by atoms with Crippen molar-refractivity contribution in [3.63, 3.8) is 0 Å². The van der Waals surface area contributed by atoms with Gasteiger partial charge in [0.05, 0.1) is 6.61 Å². The molecule has 1 aromatic rings. The maximum Gasteiger partial charge on any atom is 0.0558 e. The number of aliphatic hydroxyl groups excluding tert-OH is 1. The Balaban J connectivity index is 2.54. The minimum absolute atomic E-state index is 0.191. The molecule has 4 heteroatoms. The maximum absolute atomic E-state index is 8.88. The highest BCUT2D eigenvalue weighted by atomic mass is 79.9. The summed E-state index contributed by atoms with van der Waals surface area (Å²) in [6.45, 7) is 6.26. The van der Waals surface area contributed by atoms with E-state index >= 15 is 0 Å². The van der Waals surface area contributed by atoms with E-state index in [1.807, 2.05) is 12.1 Å². The standard InChI is InChI=1S/C10H14BrNOS/c1-2-4-12(5-6-13)8-10-9(11)3-7-14-10/h2-3,7,13H,1,4-6,8H2. The van der Waals surface area contributed by atoms with Crippen LogP contribution in [0.1, 0.15) is 4.88 Å². The van der Waals surface area contributed by atoms with Crippen LogP contribution in [-0.2, 0) is 6.54 Å². The van der Waals surface area contributed by atoms with Gasteiger partial charge in [0, 0.05) is 29.0 Å². The van der Waals surface area contributed by atoms with Gasteiger partial charge in [0.15, 0.2) is 0 Å².